The molecule has 5 heteroatoms. The normalized spacial score (nSPS) is 15.9. The predicted molar refractivity (Wildman–Crippen MR) is 66.5 cm³/mol. The number of amides is 1. The minimum absolute atomic E-state index is 0.0963. The molecule has 1 aromatic rings. The highest BCUT2D eigenvalue weighted by Gasteiger charge is 2.28. The molecule has 1 amide bonds. The topological polar surface area (TPSA) is 48.1 Å². The lowest BCUT2D eigenvalue weighted by Gasteiger charge is -2.38. The van der Waals surface area contributed by atoms with Gasteiger partial charge in [0.2, 0.25) is 0 Å². The molecule has 0 bridgehead atoms. The van der Waals surface area contributed by atoms with Gasteiger partial charge in [0.05, 0.1) is 6.04 Å². The van der Waals surface area contributed by atoms with Crippen LogP contribution in [0.1, 0.15) is 23.8 Å². The third-order valence-electron chi connectivity index (χ3n) is 2.80. The van der Waals surface area contributed by atoms with E-state index in [0.29, 0.717) is 11.7 Å². The van der Waals surface area contributed by atoms with Crippen LogP contribution in [-0.2, 0) is 0 Å². The number of hydrogen-bond acceptors (Lipinski definition) is 2. The van der Waals surface area contributed by atoms with Crippen LogP contribution >= 0.6 is 15.9 Å². The molecule has 88 valence electrons. The van der Waals surface area contributed by atoms with Crippen molar-refractivity contribution in [3.63, 3.8) is 0 Å². The Morgan fingerprint density at radius 2 is 2.38 bits per heavy atom. The van der Waals surface area contributed by atoms with E-state index in [0.717, 1.165) is 30.5 Å². The highest BCUT2D eigenvalue weighted by Crippen LogP contribution is 2.15. The van der Waals surface area contributed by atoms with E-state index in [2.05, 4.69) is 33.2 Å². The summed E-state index contributed by atoms with van der Waals surface area (Å²) in [5, 5.41) is 3.20. The zero-order valence-electron chi connectivity index (χ0n) is 9.29. The van der Waals surface area contributed by atoms with Crippen molar-refractivity contribution in [1.82, 2.24) is 15.2 Å². The summed E-state index contributed by atoms with van der Waals surface area (Å²) in [6, 6.07) is 2.19. The quantitative estimate of drug-likeness (QED) is 0.883. The number of H-pyrrole nitrogens is 1. The largest absolute Gasteiger partial charge is 0.356 e. The smallest absolute Gasteiger partial charge is 0.270 e. The third kappa shape index (κ3) is 2.30. The number of rotatable bonds is 4. The highest BCUT2D eigenvalue weighted by atomic mass is 79.9. The van der Waals surface area contributed by atoms with E-state index < -0.39 is 0 Å². The molecule has 1 aliphatic heterocycles. The fourth-order valence-corrected chi connectivity index (χ4v) is 2.17. The van der Waals surface area contributed by atoms with E-state index >= 15 is 0 Å². The number of nitrogens with one attached hydrogen (secondary N) is 2. The van der Waals surface area contributed by atoms with Crippen molar-refractivity contribution in [2.24, 2.45) is 0 Å². The van der Waals surface area contributed by atoms with Crippen molar-refractivity contribution in [1.29, 1.82) is 0 Å². The minimum atomic E-state index is 0.0963. The molecular formula is C11H16BrN3O. The van der Waals surface area contributed by atoms with Crippen molar-refractivity contribution in [3.8, 4) is 0 Å². The molecule has 0 radical (unpaired) electrons. The van der Waals surface area contributed by atoms with Crippen molar-refractivity contribution >= 4 is 21.8 Å². The van der Waals surface area contributed by atoms with E-state index in [9.17, 15) is 4.79 Å². The Bertz CT molecular complexity index is 373. The Balaban J connectivity index is 2.09. The second-order valence-electron chi connectivity index (χ2n) is 4.04. The van der Waals surface area contributed by atoms with Crippen molar-refractivity contribution < 1.29 is 4.79 Å². The Kier molecular flexibility index (Phi) is 3.66. The lowest BCUT2D eigenvalue weighted by atomic mass is 10.1. The fraction of sp³-hybridized carbons (Fsp3) is 0.545. The standard InChI is InChI=1S/C11H16BrN3O/c1-2-3-15(9-6-13-7-9)11(16)10-4-8(12)5-14-10/h4-5,9,13-14H,2-3,6-7H2,1H3. The zero-order valence-corrected chi connectivity index (χ0v) is 10.9. The van der Waals surface area contributed by atoms with Gasteiger partial charge in [-0.05, 0) is 28.4 Å². The molecule has 0 spiro atoms. The first kappa shape index (κ1) is 11.7. The van der Waals surface area contributed by atoms with E-state index in [1.54, 1.807) is 6.20 Å². The van der Waals surface area contributed by atoms with Crippen LogP contribution in [0, 0.1) is 0 Å². The van der Waals surface area contributed by atoms with E-state index in [-0.39, 0.29) is 5.91 Å². The van der Waals surface area contributed by atoms with Crippen LogP contribution < -0.4 is 5.32 Å². The molecule has 4 nitrogen and oxygen atoms in total. The first-order chi connectivity index (χ1) is 7.72. The number of carbonyl (C=O) groups is 1. The molecule has 16 heavy (non-hydrogen) atoms. The van der Waals surface area contributed by atoms with Crippen molar-refractivity contribution in [2.45, 2.75) is 19.4 Å². The Morgan fingerprint density at radius 1 is 1.62 bits per heavy atom. The predicted octanol–water partition coefficient (Wildman–Crippen LogP) is 1.60. The van der Waals surface area contributed by atoms with Crippen LogP contribution in [0.4, 0.5) is 0 Å². The van der Waals surface area contributed by atoms with Gasteiger partial charge in [-0.1, -0.05) is 6.92 Å². The van der Waals surface area contributed by atoms with Crippen LogP contribution in [0.3, 0.4) is 0 Å². The van der Waals surface area contributed by atoms with E-state index in [1.165, 1.54) is 0 Å². The Labute approximate surface area is 104 Å². The lowest BCUT2D eigenvalue weighted by molar-refractivity contribution is 0.0610. The zero-order chi connectivity index (χ0) is 11.5. The first-order valence-corrected chi connectivity index (χ1v) is 6.37. The van der Waals surface area contributed by atoms with Crippen LogP contribution in [0.5, 0.6) is 0 Å². The summed E-state index contributed by atoms with van der Waals surface area (Å²) in [5.41, 5.74) is 0.659. The van der Waals surface area contributed by atoms with Crippen LogP contribution in [-0.4, -0.2) is 41.5 Å². The lowest BCUT2D eigenvalue weighted by Crippen LogP contribution is -2.59. The summed E-state index contributed by atoms with van der Waals surface area (Å²) >= 11 is 3.34. The van der Waals surface area contributed by atoms with Gasteiger partial charge < -0.3 is 15.2 Å². The van der Waals surface area contributed by atoms with Crippen molar-refractivity contribution in [2.75, 3.05) is 19.6 Å². The SMILES string of the molecule is CCCN(C(=O)c1cc(Br)c[nH]1)C1CNC1. The van der Waals surface area contributed by atoms with Crippen LogP contribution in [0.15, 0.2) is 16.7 Å². The first-order valence-electron chi connectivity index (χ1n) is 5.58. The molecular weight excluding hydrogens is 270 g/mol. The number of nitrogens with zero attached hydrogens (tertiary/aromatic N) is 1. The van der Waals surface area contributed by atoms with Gasteiger partial charge in [-0.2, -0.15) is 0 Å². The van der Waals surface area contributed by atoms with Crippen LogP contribution in [0.2, 0.25) is 0 Å². The molecule has 0 unspecified atom stereocenters. The van der Waals surface area contributed by atoms with Crippen molar-refractivity contribution in [3.05, 3.63) is 22.4 Å². The number of halogens is 1. The average Bonchev–Trinajstić information content (AvgIpc) is 2.60. The van der Waals surface area contributed by atoms with Crippen LogP contribution in [0.25, 0.3) is 0 Å². The summed E-state index contributed by atoms with van der Waals surface area (Å²) in [7, 11) is 0. The number of aromatic amines is 1. The molecule has 2 heterocycles. The van der Waals surface area contributed by atoms with Gasteiger partial charge in [-0.3, -0.25) is 4.79 Å². The molecule has 1 aliphatic rings. The summed E-state index contributed by atoms with van der Waals surface area (Å²) < 4.78 is 0.916. The monoisotopic (exact) mass is 285 g/mol. The summed E-state index contributed by atoms with van der Waals surface area (Å²) in [6.07, 6.45) is 2.78. The molecule has 0 aromatic carbocycles. The third-order valence-corrected chi connectivity index (χ3v) is 3.26. The second kappa shape index (κ2) is 5.01. The molecule has 1 aromatic heterocycles. The molecule has 0 saturated carbocycles. The summed E-state index contributed by atoms with van der Waals surface area (Å²) in [4.78, 5) is 17.2. The highest BCUT2D eigenvalue weighted by molar-refractivity contribution is 9.10. The summed E-state index contributed by atoms with van der Waals surface area (Å²) in [6.45, 7) is 4.74. The summed E-state index contributed by atoms with van der Waals surface area (Å²) in [5.74, 6) is 0.0963. The van der Waals surface area contributed by atoms with Gasteiger partial charge in [-0.25, -0.2) is 0 Å². The van der Waals surface area contributed by atoms with Gasteiger partial charge in [0.25, 0.3) is 5.91 Å². The van der Waals surface area contributed by atoms with Gasteiger partial charge in [0.15, 0.2) is 0 Å². The molecule has 0 aliphatic carbocycles. The maximum Gasteiger partial charge on any atom is 0.270 e. The van der Waals surface area contributed by atoms with Gasteiger partial charge in [0, 0.05) is 30.3 Å². The molecule has 1 saturated heterocycles. The maximum absolute atomic E-state index is 12.2. The van der Waals surface area contributed by atoms with Gasteiger partial charge in [-0.15, -0.1) is 0 Å². The Morgan fingerprint density at radius 3 is 2.81 bits per heavy atom. The van der Waals surface area contributed by atoms with E-state index in [1.807, 2.05) is 11.0 Å². The van der Waals surface area contributed by atoms with Gasteiger partial charge in [0.1, 0.15) is 5.69 Å². The average molecular weight is 286 g/mol. The Hall–Kier alpha value is -0.810. The maximum atomic E-state index is 12.2. The molecule has 2 N–H and O–H groups in total. The second-order valence-corrected chi connectivity index (χ2v) is 4.96. The van der Waals surface area contributed by atoms with Gasteiger partial charge >= 0.3 is 0 Å². The van der Waals surface area contributed by atoms with E-state index in [4.69, 9.17) is 0 Å². The number of aromatic nitrogens is 1. The fourth-order valence-electron chi connectivity index (χ4n) is 1.83. The molecule has 2 rings (SSSR count). The number of carbonyl (C=O) groups excluding carboxylic acids is 1. The molecule has 1 fully saturated rings. The number of hydrogen-bond donors (Lipinski definition) is 2. The molecule has 0 atom stereocenters. The minimum Gasteiger partial charge on any atom is -0.356 e.